The molecule has 0 unspecified atom stereocenters. The second kappa shape index (κ2) is 5.98. The predicted molar refractivity (Wildman–Crippen MR) is 95.4 cm³/mol. The first-order chi connectivity index (χ1) is 12.1. The molecule has 0 aliphatic rings. The predicted octanol–water partition coefficient (Wildman–Crippen LogP) is 3.39. The highest BCUT2D eigenvalue weighted by Gasteiger charge is 2.16. The van der Waals surface area contributed by atoms with E-state index in [2.05, 4.69) is 25.1 Å². The second-order valence-corrected chi connectivity index (χ2v) is 6.09. The number of carbonyl (C=O) groups is 1. The molecule has 6 nitrogen and oxygen atoms in total. The lowest BCUT2D eigenvalue weighted by Gasteiger charge is -2.00. The first-order valence-corrected chi connectivity index (χ1v) is 8.06. The summed E-state index contributed by atoms with van der Waals surface area (Å²) in [6.07, 6.45) is 1.96. The van der Waals surface area contributed by atoms with Gasteiger partial charge in [0.25, 0.3) is 0 Å². The Hall–Kier alpha value is -3.28. The number of aromatic amines is 2. The highest BCUT2D eigenvalue weighted by Crippen LogP contribution is 2.20. The lowest BCUT2D eigenvalue weighted by atomic mass is 10.1. The van der Waals surface area contributed by atoms with Crippen LogP contribution in [0.15, 0.2) is 42.6 Å². The maximum atomic E-state index is 12.5. The van der Waals surface area contributed by atoms with Gasteiger partial charge in [0.2, 0.25) is 0 Å². The number of ketones is 1. The van der Waals surface area contributed by atoms with Gasteiger partial charge in [0.15, 0.2) is 11.4 Å². The molecule has 3 aromatic heterocycles. The number of hydrogen-bond donors (Lipinski definition) is 2. The minimum atomic E-state index is -0.0224. The molecule has 0 atom stereocenters. The Bertz CT molecular complexity index is 1060. The molecule has 0 fully saturated rings. The number of pyridine rings is 1. The molecule has 0 amide bonds. The van der Waals surface area contributed by atoms with Crippen molar-refractivity contribution in [2.24, 2.45) is 0 Å². The molecule has 1 aromatic carbocycles. The van der Waals surface area contributed by atoms with Gasteiger partial charge in [-0.3, -0.25) is 9.89 Å². The minimum absolute atomic E-state index is 0.0224. The van der Waals surface area contributed by atoms with Crippen molar-refractivity contribution in [3.05, 3.63) is 65.1 Å². The molecular weight excluding hydrogens is 314 g/mol. The van der Waals surface area contributed by atoms with Crippen molar-refractivity contribution >= 4 is 16.9 Å². The van der Waals surface area contributed by atoms with E-state index in [9.17, 15) is 4.79 Å². The average Bonchev–Trinajstić information content (AvgIpc) is 3.19. The number of rotatable bonds is 4. The number of nitrogens with zero attached hydrogens (tertiary/aromatic N) is 3. The number of fused-ring (bicyclic) bond motifs is 1. The van der Waals surface area contributed by atoms with Crippen molar-refractivity contribution in [1.29, 1.82) is 0 Å². The normalized spacial score (nSPS) is 11.1. The zero-order valence-corrected chi connectivity index (χ0v) is 14.0. The Morgan fingerprint density at radius 3 is 2.68 bits per heavy atom. The molecule has 6 heteroatoms. The van der Waals surface area contributed by atoms with Gasteiger partial charge in [0, 0.05) is 29.4 Å². The molecule has 0 spiro atoms. The molecule has 2 N–H and O–H groups in total. The number of nitrogens with one attached hydrogen (secondary N) is 2. The van der Waals surface area contributed by atoms with E-state index in [0.717, 1.165) is 33.7 Å². The van der Waals surface area contributed by atoms with E-state index >= 15 is 0 Å². The molecule has 0 aliphatic heterocycles. The summed E-state index contributed by atoms with van der Waals surface area (Å²) in [5.41, 5.74) is 5.60. The molecule has 0 bridgehead atoms. The minimum Gasteiger partial charge on any atom is -0.337 e. The highest BCUT2D eigenvalue weighted by atomic mass is 16.1. The Balaban J connectivity index is 1.63. The van der Waals surface area contributed by atoms with Crippen LogP contribution in [-0.2, 0) is 6.42 Å². The molecule has 0 saturated carbocycles. The van der Waals surface area contributed by atoms with Crippen LogP contribution in [0.1, 0.15) is 27.3 Å². The van der Waals surface area contributed by atoms with E-state index in [0.29, 0.717) is 11.3 Å². The van der Waals surface area contributed by atoms with Gasteiger partial charge in [-0.2, -0.15) is 5.10 Å². The van der Waals surface area contributed by atoms with Gasteiger partial charge in [-0.15, -0.1) is 0 Å². The third-order valence-electron chi connectivity index (χ3n) is 4.32. The largest absolute Gasteiger partial charge is 0.337 e. The summed E-state index contributed by atoms with van der Waals surface area (Å²) in [6, 6.07) is 11.8. The van der Waals surface area contributed by atoms with Gasteiger partial charge >= 0.3 is 0 Å². The summed E-state index contributed by atoms with van der Waals surface area (Å²) in [5, 5.41) is 6.95. The fraction of sp³-hybridized carbons (Fsp3) is 0.158. The number of imidazole rings is 1. The lowest BCUT2D eigenvalue weighted by molar-refractivity contribution is 0.0987. The van der Waals surface area contributed by atoms with Gasteiger partial charge < -0.3 is 4.98 Å². The zero-order valence-electron chi connectivity index (χ0n) is 14.0. The van der Waals surface area contributed by atoms with Crippen LogP contribution in [0.4, 0.5) is 0 Å². The summed E-state index contributed by atoms with van der Waals surface area (Å²) in [5.74, 6) is 0.746. The van der Waals surface area contributed by atoms with Gasteiger partial charge in [-0.25, -0.2) is 9.97 Å². The van der Waals surface area contributed by atoms with Crippen molar-refractivity contribution in [2.45, 2.75) is 20.3 Å². The molecule has 4 aromatic rings. The summed E-state index contributed by atoms with van der Waals surface area (Å²) in [7, 11) is 0. The van der Waals surface area contributed by atoms with Crippen LogP contribution < -0.4 is 0 Å². The van der Waals surface area contributed by atoms with E-state index < -0.39 is 0 Å². The van der Waals surface area contributed by atoms with Crippen LogP contribution in [0.25, 0.3) is 22.6 Å². The number of aryl methyl sites for hydroxylation is 1. The number of carbonyl (C=O) groups excluding carboxylic acids is 1. The fourth-order valence-corrected chi connectivity index (χ4v) is 2.80. The number of aromatic nitrogens is 5. The summed E-state index contributed by atoms with van der Waals surface area (Å²) < 4.78 is 0. The van der Waals surface area contributed by atoms with Crippen LogP contribution in [0.5, 0.6) is 0 Å². The Kier molecular flexibility index (Phi) is 3.65. The summed E-state index contributed by atoms with van der Waals surface area (Å²) in [6.45, 7) is 3.80. The molecule has 0 aliphatic carbocycles. The van der Waals surface area contributed by atoms with Crippen molar-refractivity contribution in [3.8, 4) is 11.4 Å². The van der Waals surface area contributed by atoms with Crippen LogP contribution >= 0.6 is 0 Å². The first kappa shape index (κ1) is 15.3. The number of benzene rings is 1. The molecular formula is C19H17N5O. The van der Waals surface area contributed by atoms with Crippen molar-refractivity contribution < 1.29 is 4.79 Å². The Labute approximate surface area is 144 Å². The van der Waals surface area contributed by atoms with Gasteiger partial charge in [-0.05, 0) is 25.5 Å². The molecule has 25 heavy (non-hydrogen) atoms. The number of hydrogen-bond acceptors (Lipinski definition) is 4. The third-order valence-corrected chi connectivity index (χ3v) is 4.32. The summed E-state index contributed by atoms with van der Waals surface area (Å²) in [4.78, 5) is 24.6. The maximum Gasteiger partial charge on any atom is 0.187 e. The van der Waals surface area contributed by atoms with E-state index in [1.165, 1.54) is 0 Å². The van der Waals surface area contributed by atoms with Crippen molar-refractivity contribution in [2.75, 3.05) is 0 Å². The molecule has 0 saturated heterocycles. The monoisotopic (exact) mass is 331 g/mol. The summed E-state index contributed by atoms with van der Waals surface area (Å²) >= 11 is 0. The van der Waals surface area contributed by atoms with Gasteiger partial charge in [0.05, 0.1) is 5.52 Å². The van der Waals surface area contributed by atoms with Gasteiger partial charge in [-0.1, -0.05) is 30.3 Å². The van der Waals surface area contributed by atoms with Crippen LogP contribution in [-0.4, -0.2) is 30.9 Å². The van der Waals surface area contributed by atoms with Crippen LogP contribution in [0.3, 0.4) is 0 Å². The van der Waals surface area contributed by atoms with E-state index in [1.807, 2.05) is 50.2 Å². The van der Waals surface area contributed by atoms with Crippen molar-refractivity contribution in [3.63, 3.8) is 0 Å². The number of Topliss-reactive ketones (excluding diaryl/α,β-unsaturated/α-hetero) is 1. The first-order valence-electron chi connectivity index (χ1n) is 8.06. The van der Waals surface area contributed by atoms with E-state index in [1.54, 1.807) is 6.20 Å². The number of H-pyrrole nitrogens is 2. The average molecular weight is 331 g/mol. The second-order valence-electron chi connectivity index (χ2n) is 6.09. The van der Waals surface area contributed by atoms with Gasteiger partial charge in [0.1, 0.15) is 11.5 Å². The molecule has 0 radical (unpaired) electrons. The van der Waals surface area contributed by atoms with E-state index in [4.69, 9.17) is 0 Å². The molecule has 4 rings (SSSR count). The van der Waals surface area contributed by atoms with Crippen LogP contribution in [0.2, 0.25) is 0 Å². The topological polar surface area (TPSA) is 87.3 Å². The quantitative estimate of drug-likeness (QED) is 0.561. The van der Waals surface area contributed by atoms with Crippen LogP contribution in [0, 0.1) is 13.8 Å². The SMILES string of the molecule is Cc1[nH]nc(C(=O)Cc2cnc3nc(-c4ccccc4)[nH]c3c2)c1C. The van der Waals surface area contributed by atoms with Crippen molar-refractivity contribution in [1.82, 2.24) is 25.1 Å². The lowest BCUT2D eigenvalue weighted by Crippen LogP contribution is -2.06. The smallest absolute Gasteiger partial charge is 0.187 e. The Morgan fingerprint density at radius 2 is 1.96 bits per heavy atom. The Morgan fingerprint density at radius 1 is 1.16 bits per heavy atom. The molecule has 3 heterocycles. The maximum absolute atomic E-state index is 12.5. The standard InChI is InChI=1S/C19H17N5O/c1-11-12(2)23-24-17(11)16(25)9-13-8-15-19(20-10-13)22-18(21-15)14-6-4-3-5-7-14/h3-8,10H,9H2,1-2H3,(H,23,24)(H,20,21,22). The molecule has 124 valence electrons. The fourth-order valence-electron chi connectivity index (χ4n) is 2.80. The van der Waals surface area contributed by atoms with E-state index in [-0.39, 0.29) is 12.2 Å². The highest BCUT2D eigenvalue weighted by molar-refractivity contribution is 5.97. The third kappa shape index (κ3) is 2.82. The zero-order chi connectivity index (χ0) is 17.4.